The van der Waals surface area contributed by atoms with Crippen molar-refractivity contribution in [3.05, 3.63) is 92.7 Å². The average molecular weight is 345 g/mol. The highest BCUT2D eigenvalue weighted by atomic mass is 16.6. The van der Waals surface area contributed by atoms with E-state index in [0.29, 0.717) is 29.1 Å². The van der Waals surface area contributed by atoms with E-state index in [9.17, 15) is 14.9 Å². The summed E-state index contributed by atoms with van der Waals surface area (Å²) in [6.45, 7) is 1.80. The number of hydrogen-bond donors (Lipinski definition) is 0. The minimum absolute atomic E-state index is 0.000124. The SMILES string of the molecule is Cc1ccc(-c2ccc(/C=C3\Cc4ccccc4C3=O)o2)c([N+](=O)[O-])c1. The van der Waals surface area contributed by atoms with Gasteiger partial charge in [-0.05, 0) is 42.3 Å². The summed E-state index contributed by atoms with van der Waals surface area (Å²) in [5.74, 6) is 0.914. The lowest BCUT2D eigenvalue weighted by Gasteiger charge is -2.01. The minimum Gasteiger partial charge on any atom is -0.456 e. The van der Waals surface area contributed by atoms with Gasteiger partial charge in [0.1, 0.15) is 11.5 Å². The van der Waals surface area contributed by atoms with Crippen molar-refractivity contribution in [1.29, 1.82) is 0 Å². The first-order valence-electron chi connectivity index (χ1n) is 8.21. The van der Waals surface area contributed by atoms with E-state index in [-0.39, 0.29) is 11.5 Å². The van der Waals surface area contributed by atoms with Gasteiger partial charge in [-0.1, -0.05) is 30.3 Å². The number of allylic oxidation sites excluding steroid dienone is 1. The maximum atomic E-state index is 12.5. The van der Waals surface area contributed by atoms with Gasteiger partial charge in [0, 0.05) is 23.6 Å². The number of carbonyl (C=O) groups is 1. The van der Waals surface area contributed by atoms with Crippen LogP contribution in [0.4, 0.5) is 5.69 Å². The van der Waals surface area contributed by atoms with Crippen LogP contribution in [0, 0.1) is 17.0 Å². The molecule has 1 aliphatic carbocycles. The molecule has 0 bridgehead atoms. The van der Waals surface area contributed by atoms with Crippen molar-refractivity contribution in [2.75, 3.05) is 0 Å². The number of Topliss-reactive ketones (excluding diaryl/α,β-unsaturated/α-hetero) is 1. The molecule has 0 unspecified atom stereocenters. The molecule has 0 radical (unpaired) electrons. The Morgan fingerprint density at radius 2 is 1.88 bits per heavy atom. The number of aryl methyl sites for hydroxylation is 1. The zero-order valence-corrected chi connectivity index (χ0v) is 14.1. The predicted molar refractivity (Wildman–Crippen MR) is 98.0 cm³/mol. The number of rotatable bonds is 3. The Hall–Kier alpha value is -3.47. The van der Waals surface area contributed by atoms with Gasteiger partial charge in [0.2, 0.25) is 0 Å². The predicted octanol–water partition coefficient (Wildman–Crippen LogP) is 4.99. The summed E-state index contributed by atoms with van der Waals surface area (Å²) >= 11 is 0. The van der Waals surface area contributed by atoms with Crippen LogP contribution >= 0.6 is 0 Å². The molecule has 0 atom stereocenters. The van der Waals surface area contributed by atoms with E-state index in [1.165, 1.54) is 6.07 Å². The van der Waals surface area contributed by atoms with Crippen molar-refractivity contribution < 1.29 is 14.1 Å². The highest BCUT2D eigenvalue weighted by Crippen LogP contribution is 2.33. The Kier molecular flexibility index (Phi) is 3.77. The summed E-state index contributed by atoms with van der Waals surface area (Å²) in [7, 11) is 0. The van der Waals surface area contributed by atoms with Gasteiger partial charge in [0.25, 0.3) is 5.69 Å². The van der Waals surface area contributed by atoms with Crippen molar-refractivity contribution in [3.8, 4) is 11.3 Å². The number of ketones is 1. The molecular formula is C21H15NO4. The number of carbonyl (C=O) groups excluding carboxylic acids is 1. The van der Waals surface area contributed by atoms with Crippen molar-refractivity contribution in [3.63, 3.8) is 0 Å². The first-order chi connectivity index (χ1) is 12.5. The number of fused-ring (bicyclic) bond motifs is 1. The molecule has 26 heavy (non-hydrogen) atoms. The molecule has 1 heterocycles. The monoisotopic (exact) mass is 345 g/mol. The molecule has 2 aromatic carbocycles. The highest BCUT2D eigenvalue weighted by molar-refractivity contribution is 6.15. The molecule has 0 saturated heterocycles. The third-order valence-corrected chi connectivity index (χ3v) is 4.49. The number of furan rings is 1. The molecule has 5 nitrogen and oxygen atoms in total. The fourth-order valence-electron chi connectivity index (χ4n) is 3.22. The maximum absolute atomic E-state index is 12.5. The van der Waals surface area contributed by atoms with Gasteiger partial charge < -0.3 is 4.42 Å². The van der Waals surface area contributed by atoms with Gasteiger partial charge in [0.05, 0.1) is 10.5 Å². The Balaban J connectivity index is 1.69. The number of hydrogen-bond acceptors (Lipinski definition) is 4. The zero-order valence-electron chi connectivity index (χ0n) is 14.1. The second-order valence-corrected chi connectivity index (χ2v) is 6.31. The standard InChI is InChI=1S/C21H15NO4/c1-13-6-8-18(19(10-13)22(24)25)20-9-7-16(26-20)12-15-11-14-4-2-3-5-17(14)21(15)23/h2-10,12H,11H2,1H3/b15-12+. The van der Waals surface area contributed by atoms with E-state index in [2.05, 4.69) is 0 Å². The Labute approximate surface area is 149 Å². The number of nitro groups is 1. The maximum Gasteiger partial charge on any atom is 0.280 e. The molecule has 0 aliphatic heterocycles. The number of benzene rings is 2. The molecule has 0 fully saturated rings. The quantitative estimate of drug-likeness (QED) is 0.381. The molecule has 0 spiro atoms. The van der Waals surface area contributed by atoms with Gasteiger partial charge in [-0.15, -0.1) is 0 Å². The molecule has 0 saturated carbocycles. The first-order valence-corrected chi connectivity index (χ1v) is 8.21. The fraction of sp³-hybridized carbons (Fsp3) is 0.0952. The smallest absolute Gasteiger partial charge is 0.280 e. The topological polar surface area (TPSA) is 73.3 Å². The summed E-state index contributed by atoms with van der Waals surface area (Å²) in [4.78, 5) is 23.4. The minimum atomic E-state index is -0.417. The summed E-state index contributed by atoms with van der Waals surface area (Å²) in [5, 5.41) is 11.3. The Morgan fingerprint density at radius 3 is 2.65 bits per heavy atom. The van der Waals surface area contributed by atoms with E-state index in [1.54, 1.807) is 37.3 Å². The lowest BCUT2D eigenvalue weighted by molar-refractivity contribution is -0.384. The van der Waals surface area contributed by atoms with E-state index in [0.717, 1.165) is 16.7 Å². The summed E-state index contributed by atoms with van der Waals surface area (Å²) in [5.41, 5.74) is 3.62. The van der Waals surface area contributed by atoms with E-state index >= 15 is 0 Å². The molecule has 3 aromatic rings. The van der Waals surface area contributed by atoms with E-state index in [1.807, 2.05) is 24.3 Å². The third-order valence-electron chi connectivity index (χ3n) is 4.49. The molecule has 1 aliphatic rings. The largest absolute Gasteiger partial charge is 0.456 e. The van der Waals surface area contributed by atoms with Gasteiger partial charge in [-0.25, -0.2) is 0 Å². The lowest BCUT2D eigenvalue weighted by Crippen LogP contribution is -1.94. The van der Waals surface area contributed by atoms with Gasteiger partial charge in [-0.2, -0.15) is 0 Å². The van der Waals surface area contributed by atoms with Crippen LogP contribution in [0.5, 0.6) is 0 Å². The Morgan fingerprint density at radius 1 is 1.08 bits per heavy atom. The van der Waals surface area contributed by atoms with Crippen LogP contribution in [0.2, 0.25) is 0 Å². The molecule has 5 heteroatoms. The van der Waals surface area contributed by atoms with Crippen LogP contribution in [-0.2, 0) is 6.42 Å². The molecule has 0 amide bonds. The van der Waals surface area contributed by atoms with Crippen molar-refractivity contribution in [2.45, 2.75) is 13.3 Å². The lowest BCUT2D eigenvalue weighted by atomic mass is 10.1. The average Bonchev–Trinajstić information content (AvgIpc) is 3.21. The zero-order chi connectivity index (χ0) is 18.3. The summed E-state index contributed by atoms with van der Waals surface area (Å²) in [6.07, 6.45) is 2.28. The van der Waals surface area contributed by atoms with Crippen LogP contribution in [0.25, 0.3) is 17.4 Å². The van der Waals surface area contributed by atoms with Crippen molar-refractivity contribution in [2.24, 2.45) is 0 Å². The van der Waals surface area contributed by atoms with E-state index in [4.69, 9.17) is 4.42 Å². The van der Waals surface area contributed by atoms with Gasteiger partial charge in [-0.3, -0.25) is 14.9 Å². The van der Waals surface area contributed by atoms with Crippen LogP contribution in [-0.4, -0.2) is 10.7 Å². The van der Waals surface area contributed by atoms with Crippen LogP contribution in [0.15, 0.2) is 64.6 Å². The normalized spacial score (nSPS) is 14.7. The molecule has 128 valence electrons. The van der Waals surface area contributed by atoms with Crippen LogP contribution in [0.3, 0.4) is 0 Å². The van der Waals surface area contributed by atoms with Gasteiger partial charge >= 0.3 is 0 Å². The molecule has 0 N–H and O–H groups in total. The summed E-state index contributed by atoms with van der Waals surface area (Å²) in [6, 6.07) is 15.9. The first kappa shape index (κ1) is 16.0. The number of nitrogens with zero attached hydrogens (tertiary/aromatic N) is 1. The summed E-state index contributed by atoms with van der Waals surface area (Å²) < 4.78 is 5.78. The van der Waals surface area contributed by atoms with Crippen molar-refractivity contribution in [1.82, 2.24) is 0 Å². The second-order valence-electron chi connectivity index (χ2n) is 6.31. The third kappa shape index (κ3) is 2.73. The molecular weight excluding hydrogens is 330 g/mol. The number of nitro benzene ring substituents is 1. The Bertz CT molecular complexity index is 1080. The molecule has 4 rings (SSSR count). The highest BCUT2D eigenvalue weighted by Gasteiger charge is 2.24. The second kappa shape index (κ2) is 6.11. The van der Waals surface area contributed by atoms with Crippen LogP contribution in [0.1, 0.15) is 27.2 Å². The van der Waals surface area contributed by atoms with Gasteiger partial charge in [0.15, 0.2) is 5.78 Å². The van der Waals surface area contributed by atoms with Crippen LogP contribution < -0.4 is 0 Å². The van der Waals surface area contributed by atoms with E-state index < -0.39 is 4.92 Å². The fourth-order valence-corrected chi connectivity index (χ4v) is 3.22. The molecule has 1 aromatic heterocycles. The van der Waals surface area contributed by atoms with Crippen molar-refractivity contribution >= 4 is 17.5 Å².